The van der Waals surface area contributed by atoms with Gasteiger partial charge in [0.25, 0.3) is 0 Å². The Kier molecular flexibility index (Phi) is 5.49. The highest BCUT2D eigenvalue weighted by molar-refractivity contribution is 6.32. The molecule has 3 fully saturated rings. The second-order valence-corrected chi connectivity index (χ2v) is 11.0. The molecule has 0 bridgehead atoms. The summed E-state index contributed by atoms with van der Waals surface area (Å²) in [5, 5.41) is 5.95. The molecule has 2 saturated carbocycles. The Bertz CT molecular complexity index is 1770. The first-order valence-corrected chi connectivity index (χ1v) is 13.6. The highest BCUT2D eigenvalue weighted by Gasteiger charge is 2.35. The number of pyridine rings is 1. The van der Waals surface area contributed by atoms with Crippen LogP contribution in [0, 0.1) is 17.8 Å². The van der Waals surface area contributed by atoms with E-state index in [1.54, 1.807) is 11.1 Å². The lowest BCUT2D eigenvalue weighted by molar-refractivity contribution is -0.125. The van der Waals surface area contributed by atoms with E-state index in [0.29, 0.717) is 58.3 Å². The molecule has 1 amide bonds. The van der Waals surface area contributed by atoms with Gasteiger partial charge in [0.05, 0.1) is 44.9 Å². The normalized spacial score (nSPS) is 18.9. The van der Waals surface area contributed by atoms with Crippen LogP contribution in [-0.2, 0) is 4.79 Å². The van der Waals surface area contributed by atoms with Gasteiger partial charge in [0.1, 0.15) is 11.5 Å². The predicted molar refractivity (Wildman–Crippen MR) is 148 cm³/mol. The van der Waals surface area contributed by atoms with Crippen LogP contribution in [0.25, 0.3) is 21.9 Å². The summed E-state index contributed by atoms with van der Waals surface area (Å²) in [5.74, 6) is 6.51. The summed E-state index contributed by atoms with van der Waals surface area (Å²) in [5.41, 5.74) is 10.4. The number of benzene rings is 1. The molecule has 0 unspecified atom stereocenters. The van der Waals surface area contributed by atoms with Crippen LogP contribution in [0.3, 0.4) is 0 Å². The number of nitrogens with two attached hydrogens (primary N) is 1. The van der Waals surface area contributed by atoms with Crippen LogP contribution in [0.2, 0.25) is 5.02 Å². The van der Waals surface area contributed by atoms with Gasteiger partial charge in [-0.1, -0.05) is 24.1 Å². The van der Waals surface area contributed by atoms with Gasteiger partial charge in [-0.3, -0.25) is 14.3 Å². The molecule has 3 aromatic heterocycles. The molecule has 0 radical (unpaired) electrons. The van der Waals surface area contributed by atoms with E-state index in [0.717, 1.165) is 36.7 Å². The number of Topliss-reactive ketones (excluding diaryl/α,β-unsaturated/α-hetero) is 1. The number of rotatable bonds is 5. The van der Waals surface area contributed by atoms with Crippen molar-refractivity contribution in [1.82, 2.24) is 29.2 Å². The number of carbonyl (C=O) groups is 2. The van der Waals surface area contributed by atoms with E-state index in [2.05, 4.69) is 33.0 Å². The van der Waals surface area contributed by atoms with Crippen LogP contribution >= 0.6 is 11.6 Å². The average molecular weight is 540 g/mol. The third kappa shape index (κ3) is 4.07. The number of ketones is 1. The molecule has 2 aliphatic carbocycles. The van der Waals surface area contributed by atoms with Gasteiger partial charge in [0, 0.05) is 36.8 Å². The van der Waals surface area contributed by atoms with Crippen molar-refractivity contribution in [2.24, 2.45) is 5.92 Å². The second-order valence-electron chi connectivity index (χ2n) is 10.6. The van der Waals surface area contributed by atoms with Gasteiger partial charge in [-0.25, -0.2) is 9.97 Å². The van der Waals surface area contributed by atoms with Crippen LogP contribution in [0.1, 0.15) is 65.8 Å². The molecule has 4 aromatic rings. The fraction of sp³-hybridized carbons (Fsp3) is 0.345. The fourth-order valence-corrected chi connectivity index (χ4v) is 5.68. The number of hydrogen-bond acceptors (Lipinski definition) is 6. The van der Waals surface area contributed by atoms with Gasteiger partial charge >= 0.3 is 0 Å². The first kappa shape index (κ1) is 23.9. The number of carbonyl (C=O) groups excluding carboxylic acids is 2. The van der Waals surface area contributed by atoms with Crippen molar-refractivity contribution >= 4 is 51.0 Å². The Morgan fingerprint density at radius 3 is 2.67 bits per heavy atom. The molecule has 1 saturated heterocycles. The Morgan fingerprint density at radius 1 is 1.10 bits per heavy atom. The zero-order valence-corrected chi connectivity index (χ0v) is 22.0. The van der Waals surface area contributed by atoms with Crippen molar-refractivity contribution in [2.75, 3.05) is 18.8 Å². The number of aromatic nitrogens is 5. The maximum atomic E-state index is 13.3. The molecule has 2 N–H and O–H groups in total. The Labute approximate surface area is 229 Å². The number of likely N-dealkylation sites (tertiary alicyclic amines) is 1. The van der Waals surface area contributed by atoms with Crippen molar-refractivity contribution in [3.8, 4) is 11.8 Å². The molecule has 196 valence electrons. The van der Waals surface area contributed by atoms with E-state index < -0.39 is 0 Å². The molecular formula is C29H26ClN7O2. The first-order valence-electron chi connectivity index (χ1n) is 13.2. The van der Waals surface area contributed by atoms with Crippen LogP contribution in [-0.4, -0.2) is 54.0 Å². The summed E-state index contributed by atoms with van der Waals surface area (Å²) < 4.78 is 3.99. The minimum atomic E-state index is -0.133. The molecule has 7 rings (SSSR count). The van der Waals surface area contributed by atoms with E-state index in [1.807, 2.05) is 23.1 Å². The number of hydrogen-bond donors (Lipinski definition) is 1. The molecule has 3 aliphatic rings. The molecule has 9 nitrogen and oxygen atoms in total. The van der Waals surface area contributed by atoms with Gasteiger partial charge in [-0.05, 0) is 56.2 Å². The van der Waals surface area contributed by atoms with Crippen molar-refractivity contribution in [1.29, 1.82) is 0 Å². The zero-order valence-electron chi connectivity index (χ0n) is 21.2. The SMILES string of the molecule is C=CC(=O)N1CC[C@H](n2nc(C#Cc3cc4ncn(C5CC5)c4cc3Cl)c3c(N)ncc(C(=O)C4CC4)c32)C1. The number of imidazole rings is 1. The lowest BCUT2D eigenvalue weighted by atomic mass is 10.0. The standard InChI is InChI=1S/C29H26ClN7O2/c1-2-25(38)35-10-9-19(14-35)37-27-20(28(39)16-3-4-16)13-32-29(31)26(27)22(34-37)8-5-17-11-23-24(12-21(17)30)36(15-33-23)18-6-7-18/h2,11-13,15-16,18-19H,1,3-4,6-7,9-10,14H2,(H2,31,32)/t19-/m0/s1. The maximum absolute atomic E-state index is 13.3. The number of nitrogen functional groups attached to an aromatic ring is 1. The molecule has 0 spiro atoms. The molecule has 39 heavy (non-hydrogen) atoms. The van der Waals surface area contributed by atoms with Crippen molar-refractivity contribution in [3.63, 3.8) is 0 Å². The summed E-state index contributed by atoms with van der Waals surface area (Å²) in [4.78, 5) is 36.2. The summed E-state index contributed by atoms with van der Waals surface area (Å²) in [6.07, 6.45) is 9.46. The molecule has 1 aliphatic heterocycles. The van der Waals surface area contributed by atoms with Crippen molar-refractivity contribution < 1.29 is 9.59 Å². The van der Waals surface area contributed by atoms with Crippen LogP contribution < -0.4 is 5.73 Å². The predicted octanol–water partition coefficient (Wildman–Crippen LogP) is 4.30. The summed E-state index contributed by atoms with van der Waals surface area (Å²) in [7, 11) is 0. The topological polar surface area (TPSA) is 112 Å². The number of anilines is 1. The Morgan fingerprint density at radius 2 is 1.92 bits per heavy atom. The molecular weight excluding hydrogens is 514 g/mol. The van der Waals surface area contributed by atoms with E-state index >= 15 is 0 Å². The van der Waals surface area contributed by atoms with Gasteiger partial charge in [-0.15, -0.1) is 0 Å². The number of fused-ring (bicyclic) bond motifs is 2. The van der Waals surface area contributed by atoms with Crippen molar-refractivity contribution in [2.45, 2.75) is 44.2 Å². The minimum absolute atomic E-state index is 0.0000846. The minimum Gasteiger partial charge on any atom is -0.383 e. The summed E-state index contributed by atoms with van der Waals surface area (Å²) in [6, 6.07) is 4.16. The van der Waals surface area contributed by atoms with E-state index in [9.17, 15) is 9.59 Å². The zero-order chi connectivity index (χ0) is 26.8. The van der Waals surface area contributed by atoms with Gasteiger partial charge in [0.15, 0.2) is 5.78 Å². The van der Waals surface area contributed by atoms with Crippen LogP contribution in [0.15, 0.2) is 37.3 Å². The van der Waals surface area contributed by atoms with Crippen LogP contribution in [0.5, 0.6) is 0 Å². The number of nitrogens with zero attached hydrogens (tertiary/aromatic N) is 6. The summed E-state index contributed by atoms with van der Waals surface area (Å²) in [6.45, 7) is 4.64. The van der Waals surface area contributed by atoms with E-state index in [-0.39, 0.29) is 29.5 Å². The largest absolute Gasteiger partial charge is 0.383 e. The van der Waals surface area contributed by atoms with E-state index in [4.69, 9.17) is 22.4 Å². The molecule has 4 heterocycles. The lowest BCUT2D eigenvalue weighted by Gasteiger charge is -2.16. The summed E-state index contributed by atoms with van der Waals surface area (Å²) >= 11 is 6.65. The van der Waals surface area contributed by atoms with E-state index in [1.165, 1.54) is 6.08 Å². The monoisotopic (exact) mass is 539 g/mol. The molecule has 1 aromatic carbocycles. The second kappa shape index (κ2) is 8.95. The Hall–Kier alpha value is -4.16. The van der Waals surface area contributed by atoms with Gasteiger partial charge < -0.3 is 15.2 Å². The third-order valence-corrected chi connectivity index (χ3v) is 8.20. The molecule has 10 heteroatoms. The number of amides is 1. The van der Waals surface area contributed by atoms with Crippen LogP contribution in [0.4, 0.5) is 5.82 Å². The van der Waals surface area contributed by atoms with Gasteiger partial charge in [-0.2, -0.15) is 5.10 Å². The maximum Gasteiger partial charge on any atom is 0.246 e. The first-order chi connectivity index (χ1) is 18.9. The highest BCUT2D eigenvalue weighted by atomic mass is 35.5. The smallest absolute Gasteiger partial charge is 0.246 e. The van der Waals surface area contributed by atoms with Gasteiger partial charge in [0.2, 0.25) is 5.91 Å². The average Bonchev–Trinajstić information content (AvgIpc) is 3.84. The number of halogens is 1. The third-order valence-electron chi connectivity index (χ3n) is 7.88. The highest BCUT2D eigenvalue weighted by Crippen LogP contribution is 2.39. The quantitative estimate of drug-likeness (QED) is 0.230. The Balaban J connectivity index is 1.34. The fourth-order valence-electron chi connectivity index (χ4n) is 5.48. The molecule has 1 atom stereocenters. The lowest BCUT2D eigenvalue weighted by Crippen LogP contribution is -2.27. The van der Waals surface area contributed by atoms with Crippen molar-refractivity contribution in [3.05, 3.63) is 59.2 Å².